The lowest BCUT2D eigenvalue weighted by Crippen LogP contribution is -2.17. The third-order valence-corrected chi connectivity index (χ3v) is 13.8. The van der Waals surface area contributed by atoms with E-state index < -0.39 is 0 Å². The second-order valence-corrected chi connectivity index (χ2v) is 16.7. The van der Waals surface area contributed by atoms with Crippen LogP contribution in [0.5, 0.6) is 0 Å². The lowest BCUT2D eigenvalue weighted by Gasteiger charge is -2.35. The molecule has 2 aromatic heterocycles. The fourth-order valence-electron chi connectivity index (χ4n) is 9.99. The van der Waals surface area contributed by atoms with E-state index in [0.29, 0.717) is 0 Å². The Balaban J connectivity index is 1.06. The minimum absolute atomic E-state index is 0.184. The molecule has 0 spiro atoms. The van der Waals surface area contributed by atoms with Gasteiger partial charge in [0.05, 0.1) is 11.0 Å². The van der Waals surface area contributed by atoms with Crippen molar-refractivity contribution in [2.45, 2.75) is 18.8 Å². The fourth-order valence-corrected chi connectivity index (χ4v) is 11.2. The van der Waals surface area contributed by atoms with Crippen LogP contribution in [-0.2, 0) is 0 Å². The van der Waals surface area contributed by atoms with E-state index in [4.69, 9.17) is 0 Å². The smallest absolute Gasteiger partial charge is 0.0547 e. The molecule has 0 radical (unpaired) electrons. The maximum atomic E-state index is 2.53. The molecule has 0 saturated heterocycles. The molecule has 2 unspecified atom stereocenters. The van der Waals surface area contributed by atoms with Gasteiger partial charge in [0.25, 0.3) is 0 Å². The molecule has 0 fully saturated rings. The van der Waals surface area contributed by atoms with Crippen LogP contribution in [0.25, 0.3) is 91.8 Å². The summed E-state index contributed by atoms with van der Waals surface area (Å²) in [5.41, 5.74) is 15.6. The number of thiophene rings is 1. The summed E-state index contributed by atoms with van der Waals surface area (Å²) >= 11 is 1.92. The first-order chi connectivity index (χ1) is 28.2. The predicted molar refractivity (Wildman–Crippen MR) is 244 cm³/mol. The van der Waals surface area contributed by atoms with Crippen LogP contribution >= 0.6 is 11.3 Å². The van der Waals surface area contributed by atoms with Gasteiger partial charge < -0.3 is 4.57 Å². The van der Waals surface area contributed by atoms with Crippen molar-refractivity contribution in [3.63, 3.8) is 0 Å². The van der Waals surface area contributed by atoms with E-state index in [1.165, 1.54) is 109 Å². The zero-order chi connectivity index (χ0) is 37.6. The molecule has 0 saturated carbocycles. The first-order valence-electron chi connectivity index (χ1n) is 20.0. The van der Waals surface area contributed by atoms with Gasteiger partial charge in [-0.25, -0.2) is 0 Å². The molecule has 9 aromatic carbocycles. The average Bonchev–Trinajstić information content (AvgIpc) is 3.82. The van der Waals surface area contributed by atoms with E-state index in [0.717, 1.165) is 0 Å². The lowest BCUT2D eigenvalue weighted by atomic mass is 9.69. The maximum Gasteiger partial charge on any atom is 0.0547 e. The Morgan fingerprint density at radius 2 is 1.09 bits per heavy atom. The topological polar surface area (TPSA) is 4.93 Å². The summed E-state index contributed by atoms with van der Waals surface area (Å²) in [6.07, 6.45) is 0. The van der Waals surface area contributed by atoms with E-state index in [9.17, 15) is 0 Å². The molecule has 1 aliphatic rings. The Bertz CT molecular complexity index is 3380. The molecule has 0 bridgehead atoms. The van der Waals surface area contributed by atoms with Crippen molar-refractivity contribution in [1.29, 1.82) is 0 Å². The lowest BCUT2D eigenvalue weighted by molar-refractivity contribution is 0.650. The van der Waals surface area contributed by atoms with Crippen molar-refractivity contribution in [3.05, 3.63) is 211 Å². The highest BCUT2D eigenvalue weighted by atomic mass is 32.1. The van der Waals surface area contributed by atoms with Crippen LogP contribution in [0.4, 0.5) is 0 Å². The summed E-state index contributed by atoms with van der Waals surface area (Å²) in [5.74, 6) is 0.431. The van der Waals surface area contributed by atoms with Crippen LogP contribution in [0.1, 0.15) is 35.4 Å². The molecule has 11 aromatic rings. The van der Waals surface area contributed by atoms with Gasteiger partial charge in [0.15, 0.2) is 0 Å². The first-order valence-corrected chi connectivity index (χ1v) is 20.8. The molecule has 2 atom stereocenters. The van der Waals surface area contributed by atoms with Gasteiger partial charge in [-0.05, 0) is 104 Å². The Labute approximate surface area is 335 Å². The standard InChI is InChI=1S/C55H37NS/c1-34-48-30-36(37-27-29-45-44-20-9-11-24-51(44)56(52(45)33-37)39-16-3-2-4-17-39)26-28-43(48)42-19-7-8-22-47(42)54(34)38-31-49(41-23-13-15-35-14-5-6-18-40(35)41)55-50(32-38)46-21-10-12-25-53(46)57-55/h2-34,54H,1H3. The number of hydrogen-bond acceptors (Lipinski definition) is 1. The highest BCUT2D eigenvalue weighted by molar-refractivity contribution is 7.26. The van der Waals surface area contributed by atoms with Crippen LogP contribution in [0.15, 0.2) is 194 Å². The van der Waals surface area contributed by atoms with E-state index in [2.05, 4.69) is 206 Å². The molecule has 57 heavy (non-hydrogen) atoms. The number of rotatable bonds is 4. The minimum atomic E-state index is 0.184. The summed E-state index contributed by atoms with van der Waals surface area (Å²) in [7, 11) is 0. The highest BCUT2D eigenvalue weighted by Gasteiger charge is 2.33. The summed E-state index contributed by atoms with van der Waals surface area (Å²) in [4.78, 5) is 0. The molecule has 1 aliphatic carbocycles. The van der Waals surface area contributed by atoms with Crippen LogP contribution in [0.2, 0.25) is 0 Å². The number of para-hydroxylation sites is 2. The summed E-state index contributed by atoms with van der Waals surface area (Å²) < 4.78 is 5.11. The van der Waals surface area contributed by atoms with Gasteiger partial charge in [-0.2, -0.15) is 0 Å². The van der Waals surface area contributed by atoms with Crippen molar-refractivity contribution >= 4 is 64.1 Å². The monoisotopic (exact) mass is 743 g/mol. The van der Waals surface area contributed by atoms with E-state index >= 15 is 0 Å². The average molecular weight is 744 g/mol. The van der Waals surface area contributed by atoms with Gasteiger partial charge in [0.2, 0.25) is 0 Å². The normalized spacial score (nSPS) is 15.1. The molecule has 0 aliphatic heterocycles. The van der Waals surface area contributed by atoms with Crippen LogP contribution in [-0.4, -0.2) is 4.57 Å². The van der Waals surface area contributed by atoms with Crippen molar-refractivity contribution in [3.8, 4) is 39.1 Å². The van der Waals surface area contributed by atoms with E-state index in [1.807, 2.05) is 11.3 Å². The van der Waals surface area contributed by atoms with E-state index in [1.54, 1.807) is 0 Å². The predicted octanol–water partition coefficient (Wildman–Crippen LogP) is 15.6. The van der Waals surface area contributed by atoms with Gasteiger partial charge in [0, 0.05) is 48.1 Å². The number of aromatic nitrogens is 1. The molecular formula is C55H37NS. The Kier molecular flexibility index (Phi) is 7.21. The molecular weight excluding hydrogens is 707 g/mol. The largest absolute Gasteiger partial charge is 0.309 e. The molecule has 2 heteroatoms. The maximum absolute atomic E-state index is 2.53. The summed E-state index contributed by atoms with van der Waals surface area (Å²) in [6.45, 7) is 2.45. The van der Waals surface area contributed by atoms with Crippen molar-refractivity contribution in [1.82, 2.24) is 4.57 Å². The molecule has 268 valence electrons. The number of benzene rings is 9. The van der Waals surface area contributed by atoms with Crippen molar-refractivity contribution < 1.29 is 0 Å². The Morgan fingerprint density at radius 3 is 2.00 bits per heavy atom. The van der Waals surface area contributed by atoms with Crippen LogP contribution in [0, 0.1) is 0 Å². The molecule has 0 amide bonds. The number of nitrogens with zero attached hydrogens (tertiary/aromatic N) is 1. The Hall–Kier alpha value is -6.74. The van der Waals surface area contributed by atoms with Gasteiger partial charge in [-0.3, -0.25) is 0 Å². The minimum Gasteiger partial charge on any atom is -0.309 e. The van der Waals surface area contributed by atoms with Gasteiger partial charge in [-0.15, -0.1) is 11.3 Å². The van der Waals surface area contributed by atoms with Gasteiger partial charge >= 0.3 is 0 Å². The molecule has 0 N–H and O–H groups in total. The summed E-state index contributed by atoms with van der Waals surface area (Å²) in [5, 5.41) is 7.81. The summed E-state index contributed by atoms with van der Waals surface area (Å²) in [6, 6.07) is 72.5. The van der Waals surface area contributed by atoms with Crippen molar-refractivity contribution in [2.24, 2.45) is 0 Å². The molecule has 1 nitrogen and oxygen atoms in total. The second-order valence-electron chi connectivity index (χ2n) is 15.6. The second kappa shape index (κ2) is 12.6. The van der Waals surface area contributed by atoms with Crippen LogP contribution < -0.4 is 0 Å². The number of fused-ring (bicyclic) bond motifs is 10. The SMILES string of the molecule is CC1c2cc(-c3ccc4c5ccccc5n(-c5ccccc5)c4c3)ccc2-c2ccccc2C1c1cc(-c2cccc3ccccc23)c2sc3ccccc3c2c1. The Morgan fingerprint density at radius 1 is 0.421 bits per heavy atom. The zero-order valence-corrected chi connectivity index (χ0v) is 32.3. The molecule has 2 heterocycles. The third kappa shape index (κ3) is 4.94. The first kappa shape index (κ1) is 32.5. The van der Waals surface area contributed by atoms with Gasteiger partial charge in [0.1, 0.15) is 0 Å². The third-order valence-electron chi connectivity index (χ3n) is 12.6. The quantitative estimate of drug-likeness (QED) is 0.169. The van der Waals surface area contributed by atoms with E-state index in [-0.39, 0.29) is 11.8 Å². The molecule has 12 rings (SSSR count). The van der Waals surface area contributed by atoms with Crippen molar-refractivity contribution in [2.75, 3.05) is 0 Å². The van der Waals surface area contributed by atoms with Gasteiger partial charge in [-0.1, -0.05) is 159 Å². The fraction of sp³-hybridized carbons (Fsp3) is 0.0545. The zero-order valence-electron chi connectivity index (χ0n) is 31.5. The highest BCUT2D eigenvalue weighted by Crippen LogP contribution is 2.53. The number of hydrogen-bond donors (Lipinski definition) is 0. The van der Waals surface area contributed by atoms with Crippen LogP contribution in [0.3, 0.4) is 0 Å².